The van der Waals surface area contributed by atoms with Gasteiger partial charge < -0.3 is 0 Å². The third-order valence-corrected chi connectivity index (χ3v) is 4.18. The van der Waals surface area contributed by atoms with Crippen LogP contribution in [-0.2, 0) is 9.59 Å². The van der Waals surface area contributed by atoms with E-state index in [2.05, 4.69) is 27.8 Å². The third kappa shape index (κ3) is 4.62. The minimum absolute atomic E-state index is 0.219. The van der Waals surface area contributed by atoms with E-state index in [9.17, 15) is 14.0 Å². The summed E-state index contributed by atoms with van der Waals surface area (Å²) in [5.41, 5.74) is 1.42. The molecule has 0 amide bonds. The van der Waals surface area contributed by atoms with Crippen LogP contribution in [0.2, 0.25) is 0 Å². The van der Waals surface area contributed by atoms with E-state index in [1.165, 1.54) is 26.0 Å². The van der Waals surface area contributed by atoms with Crippen LogP contribution in [0.25, 0.3) is 0 Å². The molecule has 0 unspecified atom stereocenters. The maximum atomic E-state index is 13.0. The van der Waals surface area contributed by atoms with Crippen LogP contribution in [0.3, 0.4) is 0 Å². The summed E-state index contributed by atoms with van der Waals surface area (Å²) in [6, 6.07) is 13.2. The minimum Gasteiger partial charge on any atom is -0.299 e. The predicted molar refractivity (Wildman–Crippen MR) is 95.0 cm³/mol. The molecule has 2 rings (SSSR count). The van der Waals surface area contributed by atoms with Gasteiger partial charge in [0.2, 0.25) is 0 Å². The van der Waals surface area contributed by atoms with Gasteiger partial charge in [0.1, 0.15) is 17.4 Å². The van der Waals surface area contributed by atoms with E-state index >= 15 is 0 Å². The molecule has 2 aromatic carbocycles. The summed E-state index contributed by atoms with van der Waals surface area (Å²) in [5, 5.41) is 0. The highest BCUT2D eigenvalue weighted by molar-refractivity contribution is 9.10. The lowest BCUT2D eigenvalue weighted by Crippen LogP contribution is -2.26. The van der Waals surface area contributed by atoms with E-state index < -0.39 is 11.8 Å². The van der Waals surface area contributed by atoms with Crippen LogP contribution >= 0.6 is 15.9 Å². The Morgan fingerprint density at radius 2 is 1.50 bits per heavy atom. The number of benzene rings is 2. The van der Waals surface area contributed by atoms with Crippen LogP contribution in [0.15, 0.2) is 53.0 Å². The summed E-state index contributed by atoms with van der Waals surface area (Å²) in [6.45, 7) is 2.80. The molecule has 2 aromatic rings. The van der Waals surface area contributed by atoms with E-state index in [0.29, 0.717) is 5.56 Å². The zero-order valence-corrected chi connectivity index (χ0v) is 14.9. The predicted octanol–water partition coefficient (Wildman–Crippen LogP) is 4.52. The normalized spacial score (nSPS) is 11.5. The lowest BCUT2D eigenvalue weighted by atomic mass is 9.81. The topological polar surface area (TPSA) is 34.1 Å². The molecule has 0 spiro atoms. The summed E-state index contributed by atoms with van der Waals surface area (Å²) < 4.78 is 13.9. The van der Waals surface area contributed by atoms with Crippen molar-refractivity contribution in [2.24, 2.45) is 5.92 Å². The van der Waals surface area contributed by atoms with Crippen molar-refractivity contribution >= 4 is 27.5 Å². The van der Waals surface area contributed by atoms with Crippen molar-refractivity contribution in [3.05, 3.63) is 69.9 Å². The second kappa shape index (κ2) is 8.03. The number of Topliss-reactive ketones (excluding diaryl/α,β-unsaturated/α-hetero) is 2. The molecule has 0 aromatic heterocycles. The number of rotatable bonds is 4. The Labute approximate surface area is 149 Å². The highest BCUT2D eigenvalue weighted by atomic mass is 79.9. The molecule has 0 radical (unpaired) electrons. The molecule has 0 heterocycles. The highest BCUT2D eigenvalue weighted by Crippen LogP contribution is 2.27. The molecule has 0 aliphatic rings. The van der Waals surface area contributed by atoms with E-state index in [-0.39, 0.29) is 17.4 Å². The summed E-state index contributed by atoms with van der Waals surface area (Å²) in [4.78, 5) is 24.0. The van der Waals surface area contributed by atoms with Gasteiger partial charge in [-0.2, -0.15) is 0 Å². The Morgan fingerprint density at radius 3 is 2.00 bits per heavy atom. The molecule has 0 saturated carbocycles. The van der Waals surface area contributed by atoms with Crippen molar-refractivity contribution in [2.45, 2.75) is 19.8 Å². The zero-order chi connectivity index (χ0) is 17.7. The minimum atomic E-state index is -0.820. The van der Waals surface area contributed by atoms with E-state index in [1.807, 2.05) is 24.3 Å². The Hall–Kier alpha value is -2.25. The fourth-order valence-corrected chi connectivity index (χ4v) is 2.74. The number of hydrogen-bond donors (Lipinski definition) is 0. The Bertz CT molecular complexity index is 784. The molecule has 122 valence electrons. The Kier molecular flexibility index (Phi) is 6.05. The average Bonchev–Trinajstić information content (AvgIpc) is 2.53. The van der Waals surface area contributed by atoms with E-state index in [0.717, 1.165) is 10.0 Å². The molecule has 0 bridgehead atoms. The van der Waals surface area contributed by atoms with E-state index in [1.54, 1.807) is 12.1 Å². The van der Waals surface area contributed by atoms with Gasteiger partial charge in [0.25, 0.3) is 0 Å². The van der Waals surface area contributed by atoms with Gasteiger partial charge in [-0.05, 0) is 55.8 Å². The zero-order valence-electron chi connectivity index (χ0n) is 13.3. The smallest absolute Gasteiger partial charge is 0.141 e. The lowest BCUT2D eigenvalue weighted by Gasteiger charge is -2.19. The molecule has 0 N–H and O–H groups in total. The maximum absolute atomic E-state index is 13.0. The maximum Gasteiger partial charge on any atom is 0.141 e. The summed E-state index contributed by atoms with van der Waals surface area (Å²) in [5.74, 6) is 3.83. The molecule has 2 nitrogen and oxygen atoms in total. The van der Waals surface area contributed by atoms with Gasteiger partial charge in [-0.3, -0.25) is 9.59 Å². The van der Waals surface area contributed by atoms with Gasteiger partial charge in [0.05, 0.1) is 11.8 Å². The third-order valence-electron chi connectivity index (χ3n) is 3.65. The van der Waals surface area contributed by atoms with Crippen molar-refractivity contribution in [1.82, 2.24) is 0 Å². The molecule has 4 heteroatoms. The van der Waals surface area contributed by atoms with Gasteiger partial charge in [0.15, 0.2) is 0 Å². The second-order valence-electron chi connectivity index (χ2n) is 5.50. The molecule has 1 atom stereocenters. The Morgan fingerprint density at radius 1 is 0.958 bits per heavy atom. The van der Waals surface area contributed by atoms with Crippen LogP contribution < -0.4 is 0 Å². The van der Waals surface area contributed by atoms with Gasteiger partial charge in [-0.1, -0.05) is 39.9 Å². The van der Waals surface area contributed by atoms with Crippen molar-refractivity contribution in [1.29, 1.82) is 0 Å². The summed E-state index contributed by atoms with van der Waals surface area (Å²) >= 11 is 3.37. The first-order valence-electron chi connectivity index (χ1n) is 7.42. The van der Waals surface area contributed by atoms with E-state index in [4.69, 9.17) is 0 Å². The summed E-state index contributed by atoms with van der Waals surface area (Å²) in [6.07, 6.45) is 0. The molecule has 0 fully saturated rings. The highest BCUT2D eigenvalue weighted by Gasteiger charge is 2.29. The van der Waals surface area contributed by atoms with Crippen LogP contribution in [-0.4, -0.2) is 11.6 Å². The molecule has 0 aliphatic carbocycles. The number of hydrogen-bond acceptors (Lipinski definition) is 2. The van der Waals surface area contributed by atoms with Crippen molar-refractivity contribution in [2.75, 3.05) is 0 Å². The molecule has 0 saturated heterocycles. The Balaban J connectivity index is 2.46. The molecule has 24 heavy (non-hydrogen) atoms. The van der Waals surface area contributed by atoms with Crippen LogP contribution in [0.4, 0.5) is 4.39 Å². The SMILES string of the molecule is CC(=O)C(C(C)=O)[C@@H](C#Cc1ccc(F)cc1)c1ccc(Br)cc1. The summed E-state index contributed by atoms with van der Waals surface area (Å²) in [7, 11) is 0. The standard InChI is InChI=1S/C20H16BrFO2/c1-13(23)20(14(2)24)19(16-6-8-17(21)9-7-16)12-5-15-3-10-18(22)11-4-15/h3-4,6-11,19-20H,1-2H3/t19-/m0/s1. The fourth-order valence-electron chi connectivity index (χ4n) is 2.48. The van der Waals surface area contributed by atoms with Crippen LogP contribution in [0, 0.1) is 23.6 Å². The van der Waals surface area contributed by atoms with Gasteiger partial charge in [0, 0.05) is 10.0 Å². The van der Waals surface area contributed by atoms with Gasteiger partial charge in [-0.25, -0.2) is 4.39 Å². The number of carbonyl (C=O) groups excluding carboxylic acids is 2. The average molecular weight is 387 g/mol. The van der Waals surface area contributed by atoms with Crippen molar-refractivity contribution in [3.63, 3.8) is 0 Å². The molecular formula is C20H16BrFO2. The first-order valence-corrected chi connectivity index (χ1v) is 8.21. The number of halogens is 2. The van der Waals surface area contributed by atoms with Crippen molar-refractivity contribution < 1.29 is 14.0 Å². The number of carbonyl (C=O) groups is 2. The van der Waals surface area contributed by atoms with Gasteiger partial charge in [-0.15, -0.1) is 0 Å². The lowest BCUT2D eigenvalue weighted by molar-refractivity contribution is -0.130. The fraction of sp³-hybridized carbons (Fsp3) is 0.200. The second-order valence-corrected chi connectivity index (χ2v) is 6.42. The van der Waals surface area contributed by atoms with Crippen molar-refractivity contribution in [3.8, 4) is 11.8 Å². The largest absolute Gasteiger partial charge is 0.299 e. The molecular weight excluding hydrogens is 371 g/mol. The number of ketones is 2. The first kappa shape index (κ1) is 18.1. The van der Waals surface area contributed by atoms with Gasteiger partial charge >= 0.3 is 0 Å². The molecule has 0 aliphatic heterocycles. The first-order chi connectivity index (χ1) is 11.4. The quantitative estimate of drug-likeness (QED) is 0.571. The van der Waals surface area contributed by atoms with Crippen LogP contribution in [0.5, 0.6) is 0 Å². The van der Waals surface area contributed by atoms with Crippen LogP contribution in [0.1, 0.15) is 30.9 Å². The monoisotopic (exact) mass is 386 g/mol.